The normalized spacial score (nSPS) is 12.1. The summed E-state index contributed by atoms with van der Waals surface area (Å²) in [5.41, 5.74) is 0. The molecule has 0 atom stereocenters. The van der Waals surface area contributed by atoms with Crippen LogP contribution >= 0.6 is 0 Å². The summed E-state index contributed by atoms with van der Waals surface area (Å²) in [7, 11) is 3.02. The zero-order chi connectivity index (χ0) is 6.62. The van der Waals surface area contributed by atoms with E-state index in [4.69, 9.17) is 13.3 Å². The van der Waals surface area contributed by atoms with Crippen molar-refractivity contribution in [1.29, 1.82) is 0 Å². The topological polar surface area (TPSA) is 27.7 Å². The van der Waals surface area contributed by atoms with Gasteiger partial charge in [0.1, 0.15) is 0 Å². The summed E-state index contributed by atoms with van der Waals surface area (Å²) in [6.07, 6.45) is 0. The molecule has 48 valence electrons. The average Bonchev–Trinajstić information content (AvgIpc) is 1.87. The van der Waals surface area contributed by atoms with Crippen LogP contribution in [0.2, 0.25) is 0 Å². The summed E-state index contributed by atoms with van der Waals surface area (Å²) >= 11 is 2.06. The molecule has 0 spiro atoms. The quantitative estimate of drug-likeness (QED) is 0.410. The monoisotopic (exact) mass is 134 g/mol. The largest absolute Gasteiger partial charge is 1.00 e. The van der Waals surface area contributed by atoms with Gasteiger partial charge in [0, 0.05) is 0 Å². The van der Waals surface area contributed by atoms with Crippen LogP contribution in [0.1, 0.15) is 9.78 Å². The van der Waals surface area contributed by atoms with E-state index in [0.29, 0.717) is 0 Å². The standard InChI is InChI=1S/C4H9O3.Al.2H/c1-4(5,6-2)7-3;;;/h1-3H3;;;/q-1;+3;2*-1. The van der Waals surface area contributed by atoms with Gasteiger partial charge in [0.25, 0.3) is 0 Å². The first kappa shape index (κ1) is 8.41. The van der Waals surface area contributed by atoms with Crippen molar-refractivity contribution in [2.24, 2.45) is 0 Å². The molecule has 0 bridgehead atoms. The number of rotatable bonds is 3. The molecule has 0 saturated heterocycles. The minimum atomic E-state index is -0.912. The molecule has 0 heterocycles. The van der Waals surface area contributed by atoms with Crippen molar-refractivity contribution in [2.75, 3.05) is 14.2 Å². The first-order valence-corrected chi connectivity index (χ1v) is 2.64. The summed E-state index contributed by atoms with van der Waals surface area (Å²) in [4.78, 5) is 0. The Labute approximate surface area is 60.6 Å². The van der Waals surface area contributed by atoms with Crippen LogP contribution in [0, 0.1) is 0 Å². The Bertz CT molecular complexity index is 61.3. The van der Waals surface area contributed by atoms with E-state index in [9.17, 15) is 0 Å². The van der Waals surface area contributed by atoms with E-state index < -0.39 is 5.97 Å². The molecule has 0 aromatic rings. The molecule has 0 aromatic heterocycles. The molecule has 0 fully saturated rings. The second-order valence-corrected chi connectivity index (χ2v) is 1.62. The third kappa shape index (κ3) is 2.12. The first-order valence-electron chi connectivity index (χ1n) is 2.16. The number of ether oxygens (including phenoxy) is 2. The van der Waals surface area contributed by atoms with Gasteiger partial charge in [-0.1, -0.05) is 0 Å². The summed E-state index contributed by atoms with van der Waals surface area (Å²) in [5, 5.41) is 0. The fourth-order valence-electron chi connectivity index (χ4n) is 0.180. The molecular formula is C4H11AlO3. The predicted octanol–water partition coefficient (Wildman–Crippen LogP) is 0.278. The second-order valence-electron chi connectivity index (χ2n) is 1.39. The Morgan fingerprint density at radius 2 is 1.75 bits per heavy atom. The van der Waals surface area contributed by atoms with Gasteiger partial charge in [-0.3, -0.25) is 0 Å². The van der Waals surface area contributed by atoms with Crippen LogP contribution < -0.4 is 0 Å². The van der Waals surface area contributed by atoms with Crippen LogP contribution in [0.3, 0.4) is 0 Å². The van der Waals surface area contributed by atoms with Crippen molar-refractivity contribution >= 4 is 16.6 Å². The van der Waals surface area contributed by atoms with Crippen molar-refractivity contribution < 1.29 is 16.1 Å². The Morgan fingerprint density at radius 3 is 1.75 bits per heavy atom. The molecule has 0 aliphatic carbocycles. The van der Waals surface area contributed by atoms with Crippen LogP contribution in [-0.4, -0.2) is 36.8 Å². The second kappa shape index (κ2) is 3.44. The predicted molar refractivity (Wildman–Crippen MR) is 31.5 cm³/mol. The smallest absolute Gasteiger partial charge is 1.00 e. The van der Waals surface area contributed by atoms with Crippen LogP contribution in [0.15, 0.2) is 0 Å². The van der Waals surface area contributed by atoms with Gasteiger partial charge in [-0.2, -0.15) is 0 Å². The molecule has 0 aliphatic heterocycles. The Kier molecular flexibility index (Phi) is 3.62. The summed E-state index contributed by atoms with van der Waals surface area (Å²) in [5.74, 6) is -0.912. The molecule has 0 rings (SSSR count). The van der Waals surface area contributed by atoms with E-state index in [2.05, 4.69) is 16.6 Å². The molecule has 0 aromatic carbocycles. The maximum absolute atomic E-state index is 4.77. The van der Waals surface area contributed by atoms with Gasteiger partial charge >= 0.3 is 57.0 Å². The summed E-state index contributed by atoms with van der Waals surface area (Å²) in [6, 6.07) is 0. The van der Waals surface area contributed by atoms with Gasteiger partial charge in [-0.25, -0.2) is 0 Å². The molecule has 0 aliphatic rings. The zero-order valence-electron chi connectivity index (χ0n) is 7.30. The maximum atomic E-state index is 4.77. The maximum Gasteiger partial charge on any atom is -1.00 e. The van der Waals surface area contributed by atoms with Crippen molar-refractivity contribution in [3.05, 3.63) is 0 Å². The van der Waals surface area contributed by atoms with Crippen molar-refractivity contribution in [2.45, 2.75) is 12.9 Å². The van der Waals surface area contributed by atoms with Crippen LogP contribution in [-0.2, 0) is 13.3 Å². The van der Waals surface area contributed by atoms with Gasteiger partial charge < -0.3 is 2.85 Å². The molecule has 0 amide bonds. The van der Waals surface area contributed by atoms with Crippen LogP contribution in [0.5, 0.6) is 0 Å². The first-order chi connectivity index (χ1) is 3.68. The average molecular weight is 134 g/mol. The minimum Gasteiger partial charge on any atom is -1.00 e. The fraction of sp³-hybridized carbons (Fsp3) is 1.00. The number of methoxy groups -OCH3 is 2. The van der Waals surface area contributed by atoms with Gasteiger partial charge in [-0.15, -0.1) is 0 Å². The van der Waals surface area contributed by atoms with E-state index in [1.807, 2.05) is 0 Å². The Morgan fingerprint density at radius 1 is 1.38 bits per heavy atom. The summed E-state index contributed by atoms with van der Waals surface area (Å²) in [6.45, 7) is 1.67. The third-order valence-corrected chi connectivity index (χ3v) is 1.38. The molecule has 0 radical (unpaired) electrons. The molecule has 0 saturated carbocycles. The Balaban J connectivity index is -0.000000245. The molecule has 3 nitrogen and oxygen atoms in total. The molecule has 0 N–H and O–H groups in total. The molecule has 8 heavy (non-hydrogen) atoms. The van der Waals surface area contributed by atoms with E-state index in [-0.39, 0.29) is 2.85 Å². The molecule has 0 unspecified atom stereocenters. The third-order valence-electron chi connectivity index (χ3n) is 0.956. The minimum absolute atomic E-state index is 0. The van der Waals surface area contributed by atoms with E-state index in [0.717, 1.165) is 0 Å². The molecule has 4 heteroatoms. The van der Waals surface area contributed by atoms with E-state index in [1.54, 1.807) is 6.92 Å². The Hall–Kier alpha value is 0.412. The van der Waals surface area contributed by atoms with E-state index >= 15 is 0 Å². The molecular weight excluding hydrogens is 123 g/mol. The zero-order valence-corrected chi connectivity index (χ0v) is 6.46. The fourth-order valence-corrected chi connectivity index (χ4v) is 0.372. The van der Waals surface area contributed by atoms with Gasteiger partial charge in [0.05, 0.1) is 0 Å². The van der Waals surface area contributed by atoms with E-state index in [1.165, 1.54) is 14.2 Å². The van der Waals surface area contributed by atoms with Crippen molar-refractivity contribution in [1.82, 2.24) is 0 Å². The SMILES string of the molecule is COC(C)(OC)[O][Al+2].[H-].[H-]. The number of hydrogen-bond acceptors (Lipinski definition) is 3. The van der Waals surface area contributed by atoms with Gasteiger partial charge in [-0.05, 0) is 0 Å². The number of hydrogen-bond donors (Lipinski definition) is 0. The van der Waals surface area contributed by atoms with Gasteiger partial charge in [0.2, 0.25) is 0 Å². The van der Waals surface area contributed by atoms with Gasteiger partial charge in [0.15, 0.2) is 0 Å². The summed E-state index contributed by atoms with van der Waals surface area (Å²) < 4.78 is 14.3. The van der Waals surface area contributed by atoms with Crippen LogP contribution in [0.25, 0.3) is 0 Å². The van der Waals surface area contributed by atoms with Crippen molar-refractivity contribution in [3.63, 3.8) is 0 Å². The van der Waals surface area contributed by atoms with Crippen LogP contribution in [0.4, 0.5) is 0 Å². The van der Waals surface area contributed by atoms with Crippen molar-refractivity contribution in [3.8, 4) is 0 Å².